The van der Waals surface area contributed by atoms with Crippen molar-refractivity contribution in [2.75, 3.05) is 13.3 Å². The van der Waals surface area contributed by atoms with Gasteiger partial charge in [-0.1, -0.05) is 25.7 Å². The van der Waals surface area contributed by atoms with E-state index in [4.69, 9.17) is 0 Å². The Morgan fingerprint density at radius 2 is 1.59 bits per heavy atom. The fraction of sp³-hybridized carbons (Fsp3) is 1.00. The van der Waals surface area contributed by atoms with Crippen molar-refractivity contribution in [1.29, 1.82) is 0 Å². The molecular formula is C13H27NO2S. The molecule has 17 heavy (non-hydrogen) atoms. The van der Waals surface area contributed by atoms with Gasteiger partial charge in [-0.3, -0.25) is 0 Å². The number of nitrogens with one attached hydrogen (secondary N) is 1. The molecule has 4 heteroatoms. The molecule has 0 aromatic rings. The lowest BCUT2D eigenvalue weighted by molar-refractivity contribution is 0.283. The van der Waals surface area contributed by atoms with E-state index < -0.39 is 14.6 Å². The minimum Gasteiger partial charge on any atom is -0.315 e. The molecule has 1 N–H and O–H groups in total. The van der Waals surface area contributed by atoms with Crippen LogP contribution in [0, 0.1) is 5.92 Å². The van der Waals surface area contributed by atoms with Gasteiger partial charge in [0, 0.05) is 12.3 Å². The molecule has 0 aliphatic heterocycles. The molecule has 0 aromatic heterocycles. The van der Waals surface area contributed by atoms with Crippen molar-refractivity contribution in [2.45, 2.75) is 63.2 Å². The van der Waals surface area contributed by atoms with Crippen molar-refractivity contribution >= 4 is 9.84 Å². The van der Waals surface area contributed by atoms with Gasteiger partial charge in [-0.05, 0) is 39.7 Å². The van der Waals surface area contributed by atoms with E-state index >= 15 is 0 Å². The van der Waals surface area contributed by atoms with E-state index in [1.54, 1.807) is 0 Å². The molecule has 1 unspecified atom stereocenters. The van der Waals surface area contributed by atoms with E-state index in [0.717, 1.165) is 12.8 Å². The van der Waals surface area contributed by atoms with Crippen LogP contribution in [0.1, 0.15) is 52.4 Å². The summed E-state index contributed by atoms with van der Waals surface area (Å²) in [6.45, 7) is 3.71. The van der Waals surface area contributed by atoms with Crippen LogP contribution in [-0.4, -0.2) is 32.5 Å². The van der Waals surface area contributed by atoms with E-state index in [1.807, 2.05) is 20.9 Å². The van der Waals surface area contributed by atoms with E-state index in [9.17, 15) is 8.42 Å². The maximum Gasteiger partial charge on any atom is 0.154 e. The molecule has 0 heterocycles. The third-order valence-electron chi connectivity index (χ3n) is 4.39. The van der Waals surface area contributed by atoms with Crippen LogP contribution in [0.15, 0.2) is 0 Å². The third kappa shape index (κ3) is 3.44. The summed E-state index contributed by atoms with van der Waals surface area (Å²) in [7, 11) is -1.15. The second-order valence-corrected chi connectivity index (χ2v) is 8.49. The lowest BCUT2D eigenvalue weighted by Gasteiger charge is -2.38. The van der Waals surface area contributed by atoms with Gasteiger partial charge in [0.15, 0.2) is 9.84 Å². The Balaban J connectivity index is 2.89. The van der Waals surface area contributed by atoms with Crippen LogP contribution < -0.4 is 5.32 Å². The fourth-order valence-corrected chi connectivity index (χ4v) is 3.80. The fourth-order valence-electron chi connectivity index (χ4n) is 3.03. The zero-order valence-electron chi connectivity index (χ0n) is 11.6. The summed E-state index contributed by atoms with van der Waals surface area (Å²) in [5, 5.41) is 3.27. The predicted octanol–water partition coefficient (Wildman–Crippen LogP) is 2.37. The van der Waals surface area contributed by atoms with E-state index in [2.05, 4.69) is 5.32 Å². The van der Waals surface area contributed by atoms with Gasteiger partial charge in [0.05, 0.1) is 4.75 Å². The molecule has 1 fully saturated rings. The van der Waals surface area contributed by atoms with Gasteiger partial charge in [0.1, 0.15) is 0 Å². The molecule has 0 saturated heterocycles. The molecular weight excluding hydrogens is 234 g/mol. The Bertz CT molecular complexity index is 327. The van der Waals surface area contributed by atoms with E-state index in [0.29, 0.717) is 5.92 Å². The Kier molecular flexibility index (Phi) is 5.02. The topological polar surface area (TPSA) is 46.2 Å². The van der Waals surface area contributed by atoms with E-state index in [-0.39, 0.29) is 6.04 Å². The highest BCUT2D eigenvalue weighted by molar-refractivity contribution is 7.92. The van der Waals surface area contributed by atoms with Crippen LogP contribution in [-0.2, 0) is 9.84 Å². The Hall–Kier alpha value is -0.0900. The van der Waals surface area contributed by atoms with Crippen molar-refractivity contribution in [3.63, 3.8) is 0 Å². The van der Waals surface area contributed by atoms with Crippen LogP contribution in [0.3, 0.4) is 0 Å². The number of sulfone groups is 1. The van der Waals surface area contributed by atoms with Crippen LogP contribution in [0.4, 0.5) is 0 Å². The smallest absolute Gasteiger partial charge is 0.154 e. The maximum atomic E-state index is 11.9. The molecule has 0 aromatic carbocycles. The summed E-state index contributed by atoms with van der Waals surface area (Å²) < 4.78 is 23.2. The van der Waals surface area contributed by atoms with Crippen molar-refractivity contribution in [3.05, 3.63) is 0 Å². The van der Waals surface area contributed by atoms with Crippen molar-refractivity contribution in [2.24, 2.45) is 5.92 Å². The summed E-state index contributed by atoms with van der Waals surface area (Å²) in [4.78, 5) is 0. The minimum absolute atomic E-state index is 0.0654. The Labute approximate surface area is 106 Å². The van der Waals surface area contributed by atoms with Gasteiger partial charge in [0.25, 0.3) is 0 Å². The highest BCUT2D eigenvalue weighted by Gasteiger charge is 2.42. The molecule has 3 nitrogen and oxygen atoms in total. The second-order valence-electron chi connectivity index (χ2n) is 5.89. The largest absolute Gasteiger partial charge is 0.315 e. The first-order valence-corrected chi connectivity index (χ1v) is 8.56. The molecule has 1 saturated carbocycles. The highest BCUT2D eigenvalue weighted by atomic mass is 32.2. The Morgan fingerprint density at radius 3 is 1.94 bits per heavy atom. The lowest BCUT2D eigenvalue weighted by Crippen LogP contribution is -2.54. The van der Waals surface area contributed by atoms with Gasteiger partial charge in [-0.15, -0.1) is 0 Å². The molecule has 1 atom stereocenters. The monoisotopic (exact) mass is 261 g/mol. The third-order valence-corrected chi connectivity index (χ3v) is 6.55. The van der Waals surface area contributed by atoms with Gasteiger partial charge >= 0.3 is 0 Å². The standard InChI is InChI=1S/C13H27NO2S/c1-13(2,17(4,15)16)12(14-3)11-9-7-5-6-8-10-11/h11-12,14H,5-10H2,1-4H3. The van der Waals surface area contributed by atoms with Crippen LogP contribution in [0.25, 0.3) is 0 Å². The lowest BCUT2D eigenvalue weighted by atomic mass is 9.84. The van der Waals surface area contributed by atoms with Crippen LogP contribution >= 0.6 is 0 Å². The zero-order chi connectivity index (χ0) is 13.1. The molecule has 1 aliphatic carbocycles. The molecule has 1 rings (SSSR count). The first-order chi connectivity index (χ1) is 7.80. The summed E-state index contributed by atoms with van der Waals surface area (Å²) in [5.74, 6) is 0.493. The summed E-state index contributed by atoms with van der Waals surface area (Å²) >= 11 is 0. The second kappa shape index (κ2) is 5.70. The molecule has 0 amide bonds. The van der Waals surface area contributed by atoms with Gasteiger partial charge < -0.3 is 5.32 Å². The molecule has 102 valence electrons. The number of rotatable bonds is 4. The van der Waals surface area contributed by atoms with Crippen molar-refractivity contribution < 1.29 is 8.42 Å². The number of hydrogen-bond acceptors (Lipinski definition) is 3. The summed E-state index contributed by atoms with van der Waals surface area (Å²) in [6, 6.07) is 0.0654. The minimum atomic E-state index is -3.04. The SMILES string of the molecule is CNC(C1CCCCCC1)C(C)(C)S(C)(=O)=O. The number of hydrogen-bond donors (Lipinski definition) is 1. The normalized spacial score (nSPS) is 22.1. The molecule has 0 radical (unpaired) electrons. The van der Waals surface area contributed by atoms with Gasteiger partial charge in [-0.25, -0.2) is 8.42 Å². The quantitative estimate of drug-likeness (QED) is 0.790. The average molecular weight is 261 g/mol. The van der Waals surface area contributed by atoms with Crippen molar-refractivity contribution in [3.8, 4) is 0 Å². The van der Waals surface area contributed by atoms with Crippen LogP contribution in [0.5, 0.6) is 0 Å². The summed E-state index contributed by atoms with van der Waals surface area (Å²) in [6.07, 6.45) is 8.74. The Morgan fingerprint density at radius 1 is 1.12 bits per heavy atom. The summed E-state index contributed by atoms with van der Waals surface area (Å²) in [5.41, 5.74) is 0. The zero-order valence-corrected chi connectivity index (χ0v) is 12.4. The predicted molar refractivity (Wildman–Crippen MR) is 73.0 cm³/mol. The van der Waals surface area contributed by atoms with Gasteiger partial charge in [-0.2, -0.15) is 0 Å². The molecule has 1 aliphatic rings. The van der Waals surface area contributed by atoms with E-state index in [1.165, 1.54) is 31.9 Å². The van der Waals surface area contributed by atoms with Crippen LogP contribution in [0.2, 0.25) is 0 Å². The molecule has 0 spiro atoms. The highest BCUT2D eigenvalue weighted by Crippen LogP contribution is 2.33. The first-order valence-electron chi connectivity index (χ1n) is 6.67. The van der Waals surface area contributed by atoms with Gasteiger partial charge in [0.2, 0.25) is 0 Å². The average Bonchev–Trinajstić information content (AvgIpc) is 2.45. The molecule has 0 bridgehead atoms. The van der Waals surface area contributed by atoms with Crippen molar-refractivity contribution in [1.82, 2.24) is 5.32 Å². The first kappa shape index (κ1) is 15.0. The maximum absolute atomic E-state index is 11.9.